The number of sulfonamides is 1. The van der Waals surface area contributed by atoms with Crippen LogP contribution in [0.1, 0.15) is 43.1 Å². The van der Waals surface area contributed by atoms with Crippen molar-refractivity contribution in [2.45, 2.75) is 37.6 Å². The first-order valence-electron chi connectivity index (χ1n) is 10.7. The normalized spacial score (nSPS) is 14.9. The van der Waals surface area contributed by atoms with Gasteiger partial charge in [-0.2, -0.15) is 0 Å². The molecule has 8 nitrogen and oxygen atoms in total. The third kappa shape index (κ3) is 4.79. The van der Waals surface area contributed by atoms with Crippen LogP contribution < -0.4 is 9.46 Å². The SMILES string of the molecule is COc1ccc(C(=O)N2CC=C(c3c[nH]c4ncccc34)CC2)cc1S(=O)(=O)NC(C)(C)C. The quantitative estimate of drug-likeness (QED) is 0.596. The first-order valence-corrected chi connectivity index (χ1v) is 12.2. The molecule has 0 unspecified atom stereocenters. The summed E-state index contributed by atoms with van der Waals surface area (Å²) in [5.41, 5.74) is 2.72. The van der Waals surface area contributed by atoms with Crippen molar-refractivity contribution >= 4 is 32.5 Å². The summed E-state index contributed by atoms with van der Waals surface area (Å²) in [6.07, 6.45) is 6.43. The molecular weight excluding hydrogens is 440 g/mol. The maximum Gasteiger partial charge on any atom is 0.254 e. The fourth-order valence-corrected chi connectivity index (χ4v) is 5.59. The van der Waals surface area contributed by atoms with Crippen LogP contribution in [0.25, 0.3) is 16.6 Å². The minimum atomic E-state index is -3.87. The Bertz CT molecular complexity index is 1340. The number of aromatic nitrogens is 2. The number of methoxy groups -OCH3 is 1. The molecule has 3 heterocycles. The average Bonchev–Trinajstić information content (AvgIpc) is 3.21. The minimum absolute atomic E-state index is 0.0506. The van der Waals surface area contributed by atoms with Crippen molar-refractivity contribution in [2.24, 2.45) is 0 Å². The monoisotopic (exact) mass is 468 g/mol. The van der Waals surface area contributed by atoms with Crippen LogP contribution in [-0.4, -0.2) is 54.9 Å². The van der Waals surface area contributed by atoms with Crippen molar-refractivity contribution in [1.29, 1.82) is 0 Å². The largest absolute Gasteiger partial charge is 0.495 e. The zero-order chi connectivity index (χ0) is 23.8. The molecule has 0 spiro atoms. The van der Waals surface area contributed by atoms with Crippen LogP contribution in [0.2, 0.25) is 0 Å². The number of H-pyrrole nitrogens is 1. The summed E-state index contributed by atoms with van der Waals surface area (Å²) in [5, 5.41) is 1.06. The van der Waals surface area contributed by atoms with Crippen molar-refractivity contribution in [3.05, 3.63) is 59.9 Å². The molecule has 0 fully saturated rings. The Labute approximate surface area is 193 Å². The zero-order valence-corrected chi connectivity index (χ0v) is 20.0. The molecule has 1 aliphatic rings. The molecule has 0 bridgehead atoms. The van der Waals surface area contributed by atoms with Gasteiger partial charge in [-0.25, -0.2) is 18.1 Å². The van der Waals surface area contributed by atoms with E-state index in [1.54, 1.807) is 37.9 Å². The van der Waals surface area contributed by atoms with Crippen LogP contribution in [0.3, 0.4) is 0 Å². The van der Waals surface area contributed by atoms with Gasteiger partial charge >= 0.3 is 0 Å². The Morgan fingerprint density at radius 1 is 1.24 bits per heavy atom. The van der Waals surface area contributed by atoms with Crippen LogP contribution in [0.4, 0.5) is 0 Å². The number of hydrogen-bond acceptors (Lipinski definition) is 5. The molecule has 0 saturated carbocycles. The predicted molar refractivity (Wildman–Crippen MR) is 128 cm³/mol. The van der Waals surface area contributed by atoms with Gasteiger partial charge in [0.15, 0.2) is 0 Å². The lowest BCUT2D eigenvalue weighted by Gasteiger charge is -2.27. The van der Waals surface area contributed by atoms with E-state index in [2.05, 4.69) is 14.7 Å². The number of nitrogens with zero attached hydrogens (tertiary/aromatic N) is 2. The molecule has 0 saturated heterocycles. The molecule has 1 aromatic carbocycles. The van der Waals surface area contributed by atoms with Crippen molar-refractivity contribution in [3.8, 4) is 5.75 Å². The molecule has 33 heavy (non-hydrogen) atoms. The van der Waals surface area contributed by atoms with Gasteiger partial charge in [0.25, 0.3) is 5.91 Å². The van der Waals surface area contributed by atoms with Crippen molar-refractivity contribution < 1.29 is 17.9 Å². The van der Waals surface area contributed by atoms with E-state index in [4.69, 9.17) is 4.74 Å². The number of rotatable bonds is 5. The number of benzene rings is 1. The van der Waals surface area contributed by atoms with Crippen LogP contribution in [0.15, 0.2) is 53.7 Å². The maximum atomic E-state index is 13.2. The number of carbonyl (C=O) groups excluding carboxylic acids is 1. The highest BCUT2D eigenvalue weighted by Crippen LogP contribution is 2.30. The fraction of sp³-hybridized carbons (Fsp3) is 0.333. The lowest BCUT2D eigenvalue weighted by molar-refractivity contribution is 0.0772. The number of pyridine rings is 1. The second-order valence-corrected chi connectivity index (χ2v) is 10.7. The molecule has 1 amide bonds. The van der Waals surface area contributed by atoms with Crippen molar-refractivity contribution in [3.63, 3.8) is 0 Å². The highest BCUT2D eigenvalue weighted by atomic mass is 32.2. The van der Waals surface area contributed by atoms with E-state index >= 15 is 0 Å². The van der Waals surface area contributed by atoms with Crippen molar-refractivity contribution in [2.75, 3.05) is 20.2 Å². The first-order chi connectivity index (χ1) is 15.6. The van der Waals surface area contributed by atoms with E-state index in [-0.39, 0.29) is 16.6 Å². The third-order valence-electron chi connectivity index (χ3n) is 5.43. The summed E-state index contributed by atoms with van der Waals surface area (Å²) in [4.78, 5) is 22.4. The predicted octanol–water partition coefficient (Wildman–Crippen LogP) is 3.58. The molecule has 0 radical (unpaired) electrons. The molecule has 3 aromatic rings. The molecule has 1 aliphatic heterocycles. The number of carbonyl (C=O) groups is 1. The molecule has 174 valence electrons. The third-order valence-corrected chi connectivity index (χ3v) is 7.21. The van der Waals surface area contributed by atoms with Crippen LogP contribution in [-0.2, 0) is 10.0 Å². The molecule has 2 aromatic heterocycles. The number of aromatic amines is 1. The lowest BCUT2D eigenvalue weighted by atomic mass is 9.99. The van der Waals surface area contributed by atoms with E-state index in [9.17, 15) is 13.2 Å². The van der Waals surface area contributed by atoms with Crippen LogP contribution in [0.5, 0.6) is 5.75 Å². The summed E-state index contributed by atoms with van der Waals surface area (Å²) in [5.74, 6) is -0.0298. The van der Waals surface area contributed by atoms with Gasteiger partial charge in [-0.15, -0.1) is 0 Å². The number of amides is 1. The van der Waals surface area contributed by atoms with Gasteiger partial charge in [0.1, 0.15) is 16.3 Å². The van der Waals surface area contributed by atoms with E-state index < -0.39 is 15.6 Å². The van der Waals surface area contributed by atoms with Gasteiger partial charge in [-0.3, -0.25) is 4.79 Å². The van der Waals surface area contributed by atoms with Gasteiger partial charge < -0.3 is 14.6 Å². The molecular formula is C24H28N4O4S. The number of hydrogen-bond donors (Lipinski definition) is 2. The number of ether oxygens (including phenoxy) is 1. The lowest BCUT2D eigenvalue weighted by Crippen LogP contribution is -2.40. The molecule has 0 atom stereocenters. The van der Waals surface area contributed by atoms with Crippen LogP contribution in [0, 0.1) is 0 Å². The van der Waals surface area contributed by atoms with Gasteiger partial charge in [0, 0.05) is 47.5 Å². The second kappa shape index (κ2) is 8.64. The number of fused-ring (bicyclic) bond motifs is 1. The second-order valence-electron chi connectivity index (χ2n) is 9.05. The Balaban J connectivity index is 1.58. The van der Waals surface area contributed by atoms with E-state index in [1.807, 2.05) is 24.4 Å². The van der Waals surface area contributed by atoms with Crippen LogP contribution >= 0.6 is 0 Å². The summed E-state index contributed by atoms with van der Waals surface area (Å²) < 4.78 is 33.7. The molecule has 2 N–H and O–H groups in total. The highest BCUT2D eigenvalue weighted by molar-refractivity contribution is 7.89. The topological polar surface area (TPSA) is 104 Å². The van der Waals surface area contributed by atoms with Gasteiger partial charge in [-0.05, 0) is 63.1 Å². The summed E-state index contributed by atoms with van der Waals surface area (Å²) in [7, 11) is -2.47. The standard InChI is InChI=1S/C24H28N4O4S/c1-24(2,3)27-33(30,31)21-14-17(7-8-20(21)32-4)23(29)28-12-9-16(10-13-28)19-15-26-22-18(19)6-5-11-25-22/h5-9,11,14-15,27H,10,12-13H2,1-4H3,(H,25,26). The fourth-order valence-electron chi connectivity index (χ4n) is 3.98. The minimum Gasteiger partial charge on any atom is -0.495 e. The van der Waals surface area contributed by atoms with Gasteiger partial charge in [0.2, 0.25) is 10.0 Å². The highest BCUT2D eigenvalue weighted by Gasteiger charge is 2.28. The summed E-state index contributed by atoms with van der Waals surface area (Å²) in [6, 6.07) is 8.44. The number of nitrogens with one attached hydrogen (secondary N) is 2. The van der Waals surface area contributed by atoms with Gasteiger partial charge in [0.05, 0.1) is 7.11 Å². The zero-order valence-electron chi connectivity index (χ0n) is 19.2. The smallest absolute Gasteiger partial charge is 0.254 e. The maximum absolute atomic E-state index is 13.2. The van der Waals surface area contributed by atoms with Crippen molar-refractivity contribution in [1.82, 2.24) is 19.6 Å². The van der Waals surface area contributed by atoms with E-state index in [0.29, 0.717) is 25.1 Å². The Kier molecular flexibility index (Phi) is 6.02. The molecule has 4 rings (SSSR count). The molecule has 9 heteroatoms. The van der Waals surface area contributed by atoms with E-state index in [0.717, 1.165) is 22.2 Å². The Morgan fingerprint density at radius 3 is 2.70 bits per heavy atom. The Hall–Kier alpha value is -3.17. The Morgan fingerprint density at radius 2 is 2.03 bits per heavy atom. The van der Waals surface area contributed by atoms with Gasteiger partial charge in [-0.1, -0.05) is 6.08 Å². The average molecular weight is 469 g/mol. The first kappa shape index (κ1) is 23.0. The summed E-state index contributed by atoms with van der Waals surface area (Å²) in [6.45, 7) is 6.25. The van der Waals surface area contributed by atoms with E-state index in [1.165, 1.54) is 19.2 Å². The summed E-state index contributed by atoms with van der Waals surface area (Å²) >= 11 is 0. The molecule has 0 aliphatic carbocycles.